The van der Waals surface area contributed by atoms with E-state index >= 15 is 0 Å². The van der Waals surface area contributed by atoms with Gasteiger partial charge >= 0.3 is 0 Å². The summed E-state index contributed by atoms with van der Waals surface area (Å²) in [4.78, 5) is 26.7. The van der Waals surface area contributed by atoms with Crippen LogP contribution < -0.4 is 4.74 Å². The quantitative estimate of drug-likeness (QED) is 0.500. The fraction of sp³-hybridized carbons (Fsp3) is 0.652. The first kappa shape index (κ1) is 25.6. The van der Waals surface area contributed by atoms with Crippen LogP contribution in [-0.2, 0) is 19.7 Å². The molecule has 0 aromatic heterocycles. The highest BCUT2D eigenvalue weighted by molar-refractivity contribution is 7.86. The third kappa shape index (κ3) is 6.75. The van der Waals surface area contributed by atoms with Crippen molar-refractivity contribution in [3.05, 3.63) is 29.8 Å². The Bertz CT molecular complexity index is 903. The molecule has 9 nitrogen and oxygen atoms in total. The molecule has 0 radical (unpaired) electrons. The van der Waals surface area contributed by atoms with Gasteiger partial charge in [-0.1, -0.05) is 6.92 Å². The maximum absolute atomic E-state index is 13.0. The smallest absolute Gasteiger partial charge is 0.282 e. The van der Waals surface area contributed by atoms with Crippen LogP contribution in [0.15, 0.2) is 24.3 Å². The van der Waals surface area contributed by atoms with Gasteiger partial charge < -0.3 is 14.4 Å². The van der Waals surface area contributed by atoms with Gasteiger partial charge in [0, 0.05) is 57.7 Å². The van der Waals surface area contributed by atoms with Gasteiger partial charge in [-0.2, -0.15) is 17.0 Å². The number of piperazine rings is 1. The number of nitrogens with zero attached hydrogens (tertiary/aromatic N) is 3. The fourth-order valence-electron chi connectivity index (χ4n) is 4.13. The van der Waals surface area contributed by atoms with Crippen molar-refractivity contribution in [3.63, 3.8) is 0 Å². The van der Waals surface area contributed by atoms with Crippen molar-refractivity contribution in [1.29, 1.82) is 0 Å². The van der Waals surface area contributed by atoms with E-state index in [0.717, 1.165) is 12.2 Å². The first-order valence-electron chi connectivity index (χ1n) is 11.6. The molecule has 0 N–H and O–H groups in total. The van der Waals surface area contributed by atoms with Crippen LogP contribution in [-0.4, -0.2) is 91.7 Å². The third-order valence-corrected chi connectivity index (χ3v) is 7.81. The van der Waals surface area contributed by atoms with Crippen LogP contribution in [0.1, 0.15) is 50.4 Å². The minimum atomic E-state index is -3.59. The zero-order valence-electron chi connectivity index (χ0n) is 19.7. The van der Waals surface area contributed by atoms with Crippen molar-refractivity contribution < 1.29 is 27.5 Å². The van der Waals surface area contributed by atoms with Crippen LogP contribution in [0, 0.1) is 0 Å². The first-order valence-corrected chi connectivity index (χ1v) is 13.0. The van der Waals surface area contributed by atoms with Crippen LogP contribution in [0.25, 0.3) is 0 Å². The highest BCUT2D eigenvalue weighted by atomic mass is 32.2. The second-order valence-electron chi connectivity index (χ2n) is 8.66. The summed E-state index contributed by atoms with van der Waals surface area (Å²) in [6.45, 7) is 8.20. The molecule has 10 heteroatoms. The Hall–Kier alpha value is -2.01. The van der Waals surface area contributed by atoms with Gasteiger partial charge in [-0.25, -0.2) is 0 Å². The monoisotopic (exact) mass is 481 g/mol. The normalized spacial score (nSPS) is 22.8. The topological polar surface area (TPSA) is 96.5 Å². The van der Waals surface area contributed by atoms with E-state index in [0.29, 0.717) is 38.3 Å². The number of rotatable bonds is 9. The maximum Gasteiger partial charge on any atom is 0.282 e. The highest BCUT2D eigenvalue weighted by Gasteiger charge is 2.37. The van der Waals surface area contributed by atoms with Crippen molar-refractivity contribution in [2.75, 3.05) is 45.9 Å². The van der Waals surface area contributed by atoms with Gasteiger partial charge in [0.05, 0.1) is 18.8 Å². The Balaban J connectivity index is 1.46. The van der Waals surface area contributed by atoms with Crippen LogP contribution in [0.5, 0.6) is 5.75 Å². The van der Waals surface area contributed by atoms with Crippen molar-refractivity contribution in [2.45, 2.75) is 52.2 Å². The van der Waals surface area contributed by atoms with Gasteiger partial charge in [-0.15, -0.1) is 0 Å². The number of carbonyl (C=O) groups excluding carboxylic acids is 2. The predicted molar refractivity (Wildman–Crippen MR) is 124 cm³/mol. The Kier molecular flexibility index (Phi) is 8.86. The summed E-state index contributed by atoms with van der Waals surface area (Å²) >= 11 is 0. The van der Waals surface area contributed by atoms with E-state index in [2.05, 4.69) is 0 Å². The summed E-state index contributed by atoms with van der Waals surface area (Å²) in [5, 5.41) is 0. The van der Waals surface area contributed by atoms with E-state index < -0.39 is 10.2 Å². The van der Waals surface area contributed by atoms with E-state index in [1.54, 1.807) is 29.2 Å². The second-order valence-corrected chi connectivity index (χ2v) is 10.6. The van der Waals surface area contributed by atoms with E-state index in [9.17, 15) is 18.0 Å². The molecule has 0 aliphatic carbocycles. The SMILES string of the molecule is CCCOc1ccc(C(=O)CCC(=O)N2CCN(S(=O)(=O)N3CC(C)OC(C)C3)CC2)cc1. The highest BCUT2D eigenvalue weighted by Crippen LogP contribution is 2.20. The van der Waals surface area contributed by atoms with Gasteiger partial charge in [0.25, 0.3) is 10.2 Å². The molecule has 2 unspecified atom stereocenters. The molecule has 2 fully saturated rings. The minimum Gasteiger partial charge on any atom is -0.494 e. The lowest BCUT2D eigenvalue weighted by molar-refractivity contribution is -0.132. The predicted octanol–water partition coefficient (Wildman–Crippen LogP) is 1.94. The lowest BCUT2D eigenvalue weighted by atomic mass is 10.1. The number of hydrogen-bond acceptors (Lipinski definition) is 6. The molecule has 2 aliphatic heterocycles. The van der Waals surface area contributed by atoms with Gasteiger partial charge in [-0.05, 0) is 44.5 Å². The summed E-state index contributed by atoms with van der Waals surface area (Å²) in [5.74, 6) is 0.498. The number of amides is 1. The second kappa shape index (κ2) is 11.4. The minimum absolute atomic E-state index is 0.0952. The molecule has 2 heterocycles. The number of ketones is 1. The van der Waals surface area contributed by atoms with E-state index in [1.807, 2.05) is 20.8 Å². The molecule has 2 atom stereocenters. The molecule has 3 rings (SSSR count). The molecule has 33 heavy (non-hydrogen) atoms. The van der Waals surface area contributed by atoms with Crippen molar-refractivity contribution >= 4 is 21.9 Å². The lowest BCUT2D eigenvalue weighted by Crippen LogP contribution is -2.57. The van der Waals surface area contributed by atoms with Gasteiger partial charge in [0.1, 0.15) is 5.75 Å². The molecule has 2 saturated heterocycles. The Morgan fingerprint density at radius 2 is 1.58 bits per heavy atom. The summed E-state index contributed by atoms with van der Waals surface area (Å²) in [7, 11) is -3.59. The van der Waals surface area contributed by atoms with Gasteiger partial charge in [0.2, 0.25) is 5.91 Å². The van der Waals surface area contributed by atoms with Crippen LogP contribution >= 0.6 is 0 Å². The Morgan fingerprint density at radius 3 is 2.15 bits per heavy atom. The van der Waals surface area contributed by atoms with E-state index in [1.165, 1.54) is 8.61 Å². The molecular weight excluding hydrogens is 446 g/mol. The Labute approximate surface area is 196 Å². The standard InChI is InChI=1S/C23H35N3O6S/c1-4-15-31-21-7-5-20(6-8-21)22(27)9-10-23(28)24-11-13-25(14-12-24)33(29,30)26-16-18(2)32-19(3)17-26/h5-8,18-19H,4,9-17H2,1-3H3. The third-order valence-electron chi connectivity index (χ3n) is 5.85. The number of carbonyl (C=O) groups is 2. The summed E-state index contributed by atoms with van der Waals surface area (Å²) in [5.41, 5.74) is 0.552. The summed E-state index contributed by atoms with van der Waals surface area (Å²) < 4.78 is 40.1. The molecule has 1 aromatic rings. The average Bonchev–Trinajstić information content (AvgIpc) is 2.80. The van der Waals surface area contributed by atoms with Crippen LogP contribution in [0.2, 0.25) is 0 Å². The van der Waals surface area contributed by atoms with Gasteiger partial charge in [-0.3, -0.25) is 9.59 Å². The average molecular weight is 482 g/mol. The fourth-order valence-corrected chi connectivity index (χ4v) is 5.88. The molecular formula is C23H35N3O6S. The maximum atomic E-state index is 13.0. The lowest BCUT2D eigenvalue weighted by Gasteiger charge is -2.40. The first-order chi connectivity index (χ1) is 15.7. The summed E-state index contributed by atoms with van der Waals surface area (Å²) in [6, 6.07) is 6.96. The number of Topliss-reactive ketones (excluding diaryl/α,β-unsaturated/α-hetero) is 1. The van der Waals surface area contributed by atoms with Crippen molar-refractivity contribution in [1.82, 2.24) is 13.5 Å². The number of benzene rings is 1. The molecule has 2 aliphatic rings. The van der Waals surface area contributed by atoms with E-state index in [-0.39, 0.29) is 49.8 Å². The van der Waals surface area contributed by atoms with E-state index in [4.69, 9.17) is 9.47 Å². The largest absolute Gasteiger partial charge is 0.494 e. The van der Waals surface area contributed by atoms with Gasteiger partial charge in [0.15, 0.2) is 5.78 Å². The zero-order chi connectivity index (χ0) is 24.0. The van der Waals surface area contributed by atoms with Crippen LogP contribution in [0.4, 0.5) is 0 Å². The number of hydrogen-bond donors (Lipinski definition) is 0. The Morgan fingerprint density at radius 1 is 0.970 bits per heavy atom. The molecule has 1 aromatic carbocycles. The number of morpholine rings is 1. The zero-order valence-corrected chi connectivity index (χ0v) is 20.6. The van der Waals surface area contributed by atoms with Crippen molar-refractivity contribution in [2.24, 2.45) is 0 Å². The molecule has 1 amide bonds. The molecule has 184 valence electrons. The molecule has 0 saturated carbocycles. The molecule has 0 spiro atoms. The number of ether oxygens (including phenoxy) is 2. The van der Waals surface area contributed by atoms with Crippen molar-refractivity contribution in [3.8, 4) is 5.75 Å². The van der Waals surface area contributed by atoms with Crippen LogP contribution in [0.3, 0.4) is 0 Å². The summed E-state index contributed by atoms with van der Waals surface area (Å²) in [6.07, 6.45) is 0.844. The molecule has 0 bridgehead atoms.